The Balaban J connectivity index is 3.28. The zero-order chi connectivity index (χ0) is 16.9. The topological polar surface area (TPSA) is 48.4 Å². The van der Waals surface area contributed by atoms with Crippen molar-refractivity contribution < 1.29 is 36.2 Å². The van der Waals surface area contributed by atoms with E-state index in [1.807, 2.05) is 0 Å². The molecule has 0 aliphatic rings. The molecule has 1 heterocycles. The van der Waals surface area contributed by atoms with E-state index in [0.717, 1.165) is 0 Å². The van der Waals surface area contributed by atoms with Crippen LogP contribution in [0.1, 0.15) is 30.2 Å². The van der Waals surface area contributed by atoms with E-state index in [9.17, 15) is 26.7 Å². The van der Waals surface area contributed by atoms with Crippen LogP contribution in [0.15, 0.2) is 6.07 Å². The molecule has 0 saturated carbocycles. The molecule has 0 N–H and O–H groups in total. The highest BCUT2D eigenvalue weighted by Gasteiger charge is 2.33. The first kappa shape index (κ1) is 18.6. The Morgan fingerprint density at radius 2 is 2.05 bits per heavy atom. The summed E-state index contributed by atoms with van der Waals surface area (Å²) in [4.78, 5) is 14.8. The van der Waals surface area contributed by atoms with Crippen LogP contribution in [0.2, 0.25) is 0 Å². The first-order chi connectivity index (χ1) is 10.2. The Morgan fingerprint density at radius 3 is 2.50 bits per heavy atom. The number of hydrogen-bond donors (Lipinski definition) is 0. The fourth-order valence-electron chi connectivity index (χ4n) is 1.69. The van der Waals surface area contributed by atoms with Crippen LogP contribution in [0.5, 0.6) is 5.88 Å². The lowest BCUT2D eigenvalue weighted by molar-refractivity contribution is -0.276. The quantitative estimate of drug-likeness (QED) is 0.419. The molecule has 0 spiro atoms. The Hall–Kier alpha value is -1.45. The van der Waals surface area contributed by atoms with Crippen molar-refractivity contribution in [3.63, 3.8) is 0 Å². The minimum absolute atomic E-state index is 0.0190. The van der Waals surface area contributed by atoms with Gasteiger partial charge in [-0.3, -0.25) is 4.79 Å². The highest BCUT2D eigenvalue weighted by Crippen LogP contribution is 2.32. The minimum atomic E-state index is -5.02. The molecule has 4 nitrogen and oxygen atoms in total. The summed E-state index contributed by atoms with van der Waals surface area (Å²) in [5, 5.41) is -0.225. The van der Waals surface area contributed by atoms with Crippen LogP contribution in [-0.4, -0.2) is 23.9 Å². The van der Waals surface area contributed by atoms with Crippen molar-refractivity contribution in [2.75, 3.05) is 6.61 Å². The van der Waals surface area contributed by atoms with Gasteiger partial charge in [-0.1, -0.05) is 15.9 Å². The number of aromatic nitrogens is 1. The van der Waals surface area contributed by atoms with Crippen LogP contribution in [0.3, 0.4) is 0 Å². The summed E-state index contributed by atoms with van der Waals surface area (Å²) in [6.07, 6.45) is -8.64. The van der Waals surface area contributed by atoms with Gasteiger partial charge in [-0.05, 0) is 12.5 Å². The van der Waals surface area contributed by atoms with Gasteiger partial charge >= 0.3 is 12.3 Å². The van der Waals surface area contributed by atoms with E-state index in [0.29, 0.717) is 6.07 Å². The van der Waals surface area contributed by atoms with Crippen molar-refractivity contribution in [1.29, 1.82) is 0 Å². The number of halogens is 6. The lowest BCUT2D eigenvalue weighted by Crippen LogP contribution is -2.19. The number of alkyl halides is 6. The van der Waals surface area contributed by atoms with E-state index >= 15 is 0 Å². The predicted molar refractivity (Wildman–Crippen MR) is 68.8 cm³/mol. The third-order valence-corrected chi connectivity index (χ3v) is 2.94. The summed E-state index contributed by atoms with van der Waals surface area (Å²) in [6.45, 7) is 1.53. The van der Waals surface area contributed by atoms with Crippen LogP contribution in [0.4, 0.5) is 22.0 Å². The number of hydrogen-bond acceptors (Lipinski definition) is 4. The lowest BCUT2D eigenvalue weighted by Gasteiger charge is -2.15. The number of carbonyl (C=O) groups is 1. The van der Waals surface area contributed by atoms with Gasteiger partial charge in [0.1, 0.15) is 0 Å². The summed E-state index contributed by atoms with van der Waals surface area (Å²) < 4.78 is 71.2. The minimum Gasteiger partial charge on any atom is -0.466 e. The molecule has 1 aromatic heterocycles. The zero-order valence-electron chi connectivity index (χ0n) is 11.2. The number of rotatable bonds is 6. The van der Waals surface area contributed by atoms with E-state index in [1.54, 1.807) is 0 Å². The van der Waals surface area contributed by atoms with Gasteiger partial charge < -0.3 is 9.47 Å². The number of nitrogens with zero attached hydrogens (tertiary/aromatic N) is 1. The van der Waals surface area contributed by atoms with E-state index in [4.69, 9.17) is 0 Å². The second-order valence-electron chi connectivity index (χ2n) is 3.94. The highest BCUT2D eigenvalue weighted by molar-refractivity contribution is 9.08. The normalized spacial score (nSPS) is 11.6. The molecule has 0 bridgehead atoms. The molecule has 22 heavy (non-hydrogen) atoms. The molecule has 1 rings (SSSR count). The van der Waals surface area contributed by atoms with Crippen molar-refractivity contribution in [1.82, 2.24) is 4.98 Å². The van der Waals surface area contributed by atoms with Gasteiger partial charge in [-0.15, -0.1) is 13.2 Å². The van der Waals surface area contributed by atoms with Gasteiger partial charge in [0.05, 0.1) is 18.7 Å². The molecule has 1 aromatic rings. The van der Waals surface area contributed by atoms with Crippen molar-refractivity contribution in [2.45, 2.75) is 31.5 Å². The molecule has 0 amide bonds. The molecule has 10 heteroatoms. The van der Waals surface area contributed by atoms with Crippen LogP contribution in [0, 0.1) is 0 Å². The number of pyridine rings is 1. The average molecular weight is 392 g/mol. The zero-order valence-corrected chi connectivity index (χ0v) is 12.8. The van der Waals surface area contributed by atoms with Gasteiger partial charge in [-0.2, -0.15) is 0 Å². The monoisotopic (exact) mass is 391 g/mol. The molecular weight excluding hydrogens is 381 g/mol. The summed E-state index contributed by atoms with van der Waals surface area (Å²) >= 11 is 2.87. The van der Waals surface area contributed by atoms with E-state index < -0.39 is 36.6 Å². The first-order valence-electron chi connectivity index (χ1n) is 5.96. The highest BCUT2D eigenvalue weighted by atomic mass is 79.9. The fraction of sp³-hybridized carbons (Fsp3) is 0.500. The average Bonchev–Trinajstić information content (AvgIpc) is 2.35. The van der Waals surface area contributed by atoms with E-state index in [2.05, 4.69) is 30.4 Å². The summed E-state index contributed by atoms with van der Waals surface area (Å²) in [7, 11) is 0. The molecule has 0 radical (unpaired) electrons. The molecular formula is C12H11BrF5NO3. The molecule has 0 aliphatic carbocycles. The van der Waals surface area contributed by atoms with Crippen molar-refractivity contribution in [2.24, 2.45) is 0 Å². The Morgan fingerprint density at radius 1 is 1.41 bits per heavy atom. The summed E-state index contributed by atoms with van der Waals surface area (Å²) in [5.74, 6) is -1.75. The Bertz CT molecular complexity index is 536. The molecule has 0 atom stereocenters. The fourth-order valence-corrected chi connectivity index (χ4v) is 2.12. The molecule has 0 saturated heterocycles. The maximum Gasteiger partial charge on any atom is 0.574 e. The van der Waals surface area contributed by atoms with Gasteiger partial charge in [0.25, 0.3) is 6.43 Å². The molecule has 0 fully saturated rings. The molecule has 0 aromatic carbocycles. The van der Waals surface area contributed by atoms with Crippen molar-refractivity contribution in [3.05, 3.63) is 22.9 Å². The SMILES string of the molecule is CCOC(=O)Cc1cc(OC(F)(F)F)nc(CBr)c1C(F)F. The van der Waals surface area contributed by atoms with Crippen LogP contribution < -0.4 is 4.74 Å². The van der Waals surface area contributed by atoms with Crippen molar-refractivity contribution >= 4 is 21.9 Å². The number of carbonyl (C=O) groups excluding carboxylic acids is 1. The van der Waals surface area contributed by atoms with Crippen LogP contribution in [0.25, 0.3) is 0 Å². The molecule has 0 aliphatic heterocycles. The summed E-state index contributed by atoms with van der Waals surface area (Å²) in [5.41, 5.74) is -1.27. The third-order valence-electron chi connectivity index (χ3n) is 2.40. The van der Waals surface area contributed by atoms with Crippen LogP contribution >= 0.6 is 15.9 Å². The maximum absolute atomic E-state index is 13.1. The first-order valence-corrected chi connectivity index (χ1v) is 7.08. The standard InChI is InChI=1S/C12H11BrF5NO3/c1-2-21-9(20)4-6-3-8(22-12(16,17)18)19-7(5-13)10(6)11(14)15/h3,11H,2,4-5H2,1H3. The molecule has 124 valence electrons. The van der Waals surface area contributed by atoms with Gasteiger partial charge in [0.15, 0.2) is 0 Å². The third kappa shape index (κ3) is 5.39. The molecule has 0 unspecified atom stereocenters. The number of ether oxygens (including phenoxy) is 2. The van der Waals surface area contributed by atoms with Crippen LogP contribution in [-0.2, 0) is 21.3 Å². The maximum atomic E-state index is 13.1. The second kappa shape index (κ2) is 7.70. The Kier molecular flexibility index (Phi) is 6.51. The van der Waals surface area contributed by atoms with E-state index in [1.165, 1.54) is 6.92 Å². The van der Waals surface area contributed by atoms with Gasteiger partial charge in [0.2, 0.25) is 5.88 Å². The van der Waals surface area contributed by atoms with Crippen molar-refractivity contribution in [3.8, 4) is 5.88 Å². The Labute approximate surface area is 130 Å². The lowest BCUT2D eigenvalue weighted by atomic mass is 10.0. The van der Waals surface area contributed by atoms with E-state index in [-0.39, 0.29) is 23.2 Å². The number of esters is 1. The van der Waals surface area contributed by atoms with Gasteiger partial charge in [-0.25, -0.2) is 13.8 Å². The van der Waals surface area contributed by atoms with Gasteiger partial charge in [0, 0.05) is 17.0 Å². The summed E-state index contributed by atoms with van der Waals surface area (Å²) in [6, 6.07) is 0.665. The predicted octanol–water partition coefficient (Wildman–Crippen LogP) is 3.92. The smallest absolute Gasteiger partial charge is 0.466 e. The largest absolute Gasteiger partial charge is 0.574 e. The second-order valence-corrected chi connectivity index (χ2v) is 4.50.